The highest BCUT2D eigenvalue weighted by Crippen LogP contribution is 2.36. The van der Waals surface area contributed by atoms with E-state index in [9.17, 15) is 13.2 Å². The summed E-state index contributed by atoms with van der Waals surface area (Å²) in [4.78, 5) is 8.49. The third kappa shape index (κ3) is 5.75. The van der Waals surface area contributed by atoms with Gasteiger partial charge >= 0.3 is 6.18 Å². The number of methoxy groups -OCH3 is 1. The van der Waals surface area contributed by atoms with Gasteiger partial charge in [-0.05, 0) is 31.5 Å². The number of halogens is 4. The van der Waals surface area contributed by atoms with Gasteiger partial charge in [0.1, 0.15) is 5.82 Å². The van der Waals surface area contributed by atoms with Crippen LogP contribution in [0.5, 0.6) is 0 Å². The van der Waals surface area contributed by atoms with Crippen molar-refractivity contribution in [1.29, 1.82) is 0 Å². The summed E-state index contributed by atoms with van der Waals surface area (Å²) in [6.45, 7) is 3.00. The number of benzene rings is 1. The minimum atomic E-state index is -4.52. The van der Waals surface area contributed by atoms with Gasteiger partial charge in [0.25, 0.3) is 0 Å². The summed E-state index contributed by atoms with van der Waals surface area (Å²) >= 11 is 5.62. The Balaban J connectivity index is 2.16. The molecule has 1 aromatic heterocycles. The lowest BCUT2D eigenvalue weighted by molar-refractivity contribution is -0.137. The zero-order chi connectivity index (χ0) is 18.4. The van der Waals surface area contributed by atoms with Crippen LogP contribution in [0.4, 0.5) is 30.6 Å². The molecule has 0 atom stereocenters. The predicted molar refractivity (Wildman–Crippen MR) is 91.5 cm³/mol. The first-order valence-electron chi connectivity index (χ1n) is 7.52. The Kier molecular flexibility index (Phi) is 6.44. The maximum absolute atomic E-state index is 12.9. The van der Waals surface area contributed by atoms with E-state index in [1.54, 1.807) is 20.1 Å². The summed E-state index contributed by atoms with van der Waals surface area (Å²) in [7, 11) is 1.62. The number of nitrogens with one attached hydrogen (secondary N) is 2. The Morgan fingerprint density at radius 2 is 1.96 bits per heavy atom. The molecule has 9 heteroatoms. The molecule has 0 unspecified atom stereocenters. The normalized spacial score (nSPS) is 11.4. The predicted octanol–water partition coefficient (Wildman–Crippen LogP) is 4.65. The summed E-state index contributed by atoms with van der Waals surface area (Å²) in [5.74, 6) is 0.779. The Morgan fingerprint density at radius 1 is 1.20 bits per heavy atom. The van der Waals surface area contributed by atoms with Crippen molar-refractivity contribution in [2.75, 3.05) is 30.9 Å². The highest BCUT2D eigenvalue weighted by Gasteiger charge is 2.33. The van der Waals surface area contributed by atoms with E-state index >= 15 is 0 Å². The number of alkyl halides is 3. The summed E-state index contributed by atoms with van der Waals surface area (Å²) in [5, 5.41) is 5.55. The number of aryl methyl sites for hydroxylation is 1. The molecular formula is C16H18ClF3N4O. The molecule has 1 heterocycles. The summed E-state index contributed by atoms with van der Waals surface area (Å²) < 4.78 is 43.8. The smallest absolute Gasteiger partial charge is 0.385 e. The number of anilines is 3. The van der Waals surface area contributed by atoms with Crippen LogP contribution < -0.4 is 10.6 Å². The maximum atomic E-state index is 12.9. The average molecular weight is 375 g/mol. The number of hydrogen-bond donors (Lipinski definition) is 2. The molecule has 5 nitrogen and oxygen atoms in total. The van der Waals surface area contributed by atoms with E-state index in [1.165, 1.54) is 12.1 Å². The van der Waals surface area contributed by atoms with Crippen LogP contribution in [-0.4, -0.2) is 30.2 Å². The van der Waals surface area contributed by atoms with Crippen molar-refractivity contribution < 1.29 is 17.9 Å². The van der Waals surface area contributed by atoms with E-state index in [0.29, 0.717) is 30.6 Å². The second kappa shape index (κ2) is 8.35. The second-order valence-corrected chi connectivity index (χ2v) is 5.72. The third-order valence-corrected chi connectivity index (χ3v) is 3.54. The van der Waals surface area contributed by atoms with Crippen molar-refractivity contribution in [1.82, 2.24) is 9.97 Å². The van der Waals surface area contributed by atoms with Crippen LogP contribution in [0, 0.1) is 6.92 Å². The zero-order valence-corrected chi connectivity index (χ0v) is 14.5. The van der Waals surface area contributed by atoms with E-state index in [1.807, 2.05) is 0 Å². The minimum Gasteiger partial charge on any atom is -0.385 e. The largest absolute Gasteiger partial charge is 0.417 e. The number of ether oxygens (including phenoxy) is 1. The summed E-state index contributed by atoms with van der Waals surface area (Å²) in [6.07, 6.45) is -3.74. The first kappa shape index (κ1) is 19.3. The van der Waals surface area contributed by atoms with Crippen LogP contribution in [0.2, 0.25) is 5.02 Å². The van der Waals surface area contributed by atoms with Gasteiger partial charge in [-0.15, -0.1) is 0 Å². The van der Waals surface area contributed by atoms with Crippen LogP contribution in [0.15, 0.2) is 24.3 Å². The van der Waals surface area contributed by atoms with E-state index < -0.39 is 11.7 Å². The van der Waals surface area contributed by atoms with Crippen molar-refractivity contribution in [3.63, 3.8) is 0 Å². The van der Waals surface area contributed by atoms with Crippen molar-refractivity contribution >= 4 is 29.1 Å². The first-order chi connectivity index (χ1) is 11.8. The Bertz CT molecular complexity index is 725. The van der Waals surface area contributed by atoms with Crippen molar-refractivity contribution in [3.05, 3.63) is 40.5 Å². The molecule has 136 valence electrons. The molecule has 0 bridgehead atoms. The Hall–Kier alpha value is -2.06. The molecule has 0 saturated carbocycles. The summed E-state index contributed by atoms with van der Waals surface area (Å²) in [5.41, 5.74) is 0.0137. The van der Waals surface area contributed by atoms with Crippen molar-refractivity contribution in [2.24, 2.45) is 0 Å². The lowest BCUT2D eigenvalue weighted by atomic mass is 10.2. The van der Waals surface area contributed by atoms with Gasteiger partial charge in [0.15, 0.2) is 0 Å². The fraction of sp³-hybridized carbons (Fsp3) is 0.375. The molecule has 0 fully saturated rings. The molecule has 2 aromatic rings. The van der Waals surface area contributed by atoms with Crippen molar-refractivity contribution in [2.45, 2.75) is 19.5 Å². The van der Waals surface area contributed by atoms with Crippen LogP contribution in [0.1, 0.15) is 17.7 Å². The van der Waals surface area contributed by atoms with Gasteiger partial charge < -0.3 is 15.4 Å². The molecule has 25 heavy (non-hydrogen) atoms. The van der Waals surface area contributed by atoms with Crippen LogP contribution in [0.25, 0.3) is 0 Å². The molecule has 0 amide bonds. The quantitative estimate of drug-likeness (QED) is 0.691. The second-order valence-electron chi connectivity index (χ2n) is 5.31. The lowest BCUT2D eigenvalue weighted by Gasteiger charge is -2.13. The number of hydrogen-bond acceptors (Lipinski definition) is 5. The molecule has 0 aliphatic carbocycles. The Labute approximate surface area is 148 Å². The molecule has 0 aliphatic heterocycles. The SMILES string of the molecule is COCCCNc1nc(C)cc(Nc2ccc(Cl)c(C(F)(F)F)c2)n1. The lowest BCUT2D eigenvalue weighted by Crippen LogP contribution is -2.10. The number of nitrogens with zero attached hydrogens (tertiary/aromatic N) is 2. The van der Waals surface area contributed by atoms with Crippen LogP contribution >= 0.6 is 11.6 Å². The minimum absolute atomic E-state index is 0.236. The van der Waals surface area contributed by atoms with Gasteiger partial charge in [0.05, 0.1) is 10.6 Å². The monoisotopic (exact) mass is 374 g/mol. The fourth-order valence-corrected chi connectivity index (χ4v) is 2.32. The zero-order valence-electron chi connectivity index (χ0n) is 13.7. The van der Waals surface area contributed by atoms with Gasteiger partial charge in [-0.25, -0.2) is 4.98 Å². The molecule has 2 N–H and O–H groups in total. The van der Waals surface area contributed by atoms with Gasteiger partial charge in [-0.1, -0.05) is 11.6 Å². The van der Waals surface area contributed by atoms with E-state index in [4.69, 9.17) is 16.3 Å². The van der Waals surface area contributed by atoms with E-state index in [0.717, 1.165) is 12.5 Å². The highest BCUT2D eigenvalue weighted by molar-refractivity contribution is 6.31. The van der Waals surface area contributed by atoms with Gasteiger partial charge in [0, 0.05) is 37.7 Å². The average Bonchev–Trinajstić information content (AvgIpc) is 2.52. The molecule has 0 saturated heterocycles. The molecular weight excluding hydrogens is 357 g/mol. The molecule has 0 radical (unpaired) electrons. The number of aromatic nitrogens is 2. The first-order valence-corrected chi connectivity index (χ1v) is 7.89. The molecule has 1 aromatic carbocycles. The molecule has 0 aliphatic rings. The topological polar surface area (TPSA) is 59.1 Å². The van der Waals surface area contributed by atoms with E-state index in [2.05, 4.69) is 20.6 Å². The fourth-order valence-electron chi connectivity index (χ4n) is 2.10. The van der Waals surface area contributed by atoms with Crippen LogP contribution in [-0.2, 0) is 10.9 Å². The maximum Gasteiger partial charge on any atom is 0.417 e. The van der Waals surface area contributed by atoms with Gasteiger partial charge in [-0.2, -0.15) is 18.2 Å². The molecule has 2 rings (SSSR count). The van der Waals surface area contributed by atoms with E-state index in [-0.39, 0.29) is 10.7 Å². The molecule has 0 spiro atoms. The van der Waals surface area contributed by atoms with Gasteiger partial charge in [0.2, 0.25) is 5.95 Å². The number of rotatable bonds is 7. The van der Waals surface area contributed by atoms with Crippen LogP contribution in [0.3, 0.4) is 0 Å². The van der Waals surface area contributed by atoms with Crippen molar-refractivity contribution in [3.8, 4) is 0 Å². The standard InChI is InChI=1S/C16H18ClF3N4O/c1-10-8-14(24-15(22-10)21-6-3-7-25-2)23-11-4-5-13(17)12(9-11)16(18,19)20/h4-5,8-9H,3,6-7H2,1-2H3,(H2,21,22,23,24). The highest BCUT2D eigenvalue weighted by atomic mass is 35.5. The third-order valence-electron chi connectivity index (χ3n) is 3.21. The van der Waals surface area contributed by atoms with Gasteiger partial charge in [-0.3, -0.25) is 0 Å². The summed E-state index contributed by atoms with van der Waals surface area (Å²) in [6, 6.07) is 5.25. The Morgan fingerprint density at radius 3 is 2.64 bits per heavy atom.